The van der Waals surface area contributed by atoms with E-state index in [0.717, 1.165) is 25.2 Å². The lowest BCUT2D eigenvalue weighted by atomic mass is 10.1. The van der Waals surface area contributed by atoms with E-state index < -0.39 is 30.0 Å². The summed E-state index contributed by atoms with van der Waals surface area (Å²) >= 11 is 0. The topological polar surface area (TPSA) is 122 Å². The molecule has 4 rings (SSSR count). The summed E-state index contributed by atoms with van der Waals surface area (Å²) in [6.07, 6.45) is 8.37. The van der Waals surface area contributed by atoms with Crippen LogP contribution in [0.3, 0.4) is 0 Å². The van der Waals surface area contributed by atoms with Crippen LogP contribution in [-0.2, 0) is 33.3 Å². The monoisotopic (exact) mass is 530 g/mol. The molecule has 0 N–H and O–H groups in total. The smallest absolute Gasteiger partial charge is 0.169 e. The van der Waals surface area contributed by atoms with Gasteiger partial charge in [-0.25, -0.2) is 26.0 Å². The Kier molecular flexibility index (Phi) is 10.2. The van der Waals surface area contributed by atoms with Gasteiger partial charge < -0.3 is 9.11 Å². The van der Waals surface area contributed by atoms with Crippen molar-refractivity contribution in [3.05, 3.63) is 96.6 Å². The number of fused-ring (bicyclic) bond motifs is 1. The molecule has 36 heavy (non-hydrogen) atoms. The van der Waals surface area contributed by atoms with Gasteiger partial charge in [-0.2, -0.15) is 0 Å². The van der Waals surface area contributed by atoms with Gasteiger partial charge in [-0.15, -0.1) is 0 Å². The molecule has 0 spiro atoms. The highest BCUT2D eigenvalue weighted by Crippen LogP contribution is 2.27. The first-order chi connectivity index (χ1) is 16.9. The van der Waals surface area contributed by atoms with Gasteiger partial charge in [-0.05, 0) is 51.0 Å². The Bertz CT molecular complexity index is 1380. The van der Waals surface area contributed by atoms with Crippen LogP contribution in [0.25, 0.3) is 10.8 Å². The Hall–Kier alpha value is -3.18. The van der Waals surface area contributed by atoms with Gasteiger partial charge in [0.1, 0.15) is 33.3 Å². The Labute approximate surface area is 213 Å². The molecule has 192 valence electrons. The van der Waals surface area contributed by atoms with Gasteiger partial charge in [0, 0.05) is 35.0 Å². The lowest BCUT2D eigenvalue weighted by Crippen LogP contribution is -2.30. The maximum absolute atomic E-state index is 11.0. The summed E-state index contributed by atoms with van der Waals surface area (Å²) in [5.41, 5.74) is 2.64. The van der Waals surface area contributed by atoms with Crippen molar-refractivity contribution in [3.8, 4) is 0 Å². The fraction of sp³-hybridized carbons (Fsp3) is 0.231. The van der Waals surface area contributed by atoms with Crippen molar-refractivity contribution in [1.82, 2.24) is 0 Å². The maximum Gasteiger partial charge on any atom is 0.169 e. The molecule has 2 heterocycles. The van der Waals surface area contributed by atoms with E-state index >= 15 is 0 Å². The van der Waals surface area contributed by atoms with Crippen LogP contribution in [0.15, 0.2) is 95.2 Å². The van der Waals surface area contributed by atoms with Crippen LogP contribution >= 0.6 is 0 Å². The summed E-state index contributed by atoms with van der Waals surface area (Å²) in [6, 6.07) is 15.5. The van der Waals surface area contributed by atoms with Crippen LogP contribution in [0.1, 0.15) is 25.0 Å². The zero-order valence-electron chi connectivity index (χ0n) is 20.7. The molecule has 0 amide bonds. The SMILES string of the molecule is CC[n+]1ccc(C)cc1.CC[n+]1ccc(C)cc1.O=S(=O)([O-])c1cccc2c(S(=O)(=O)[O-])cccc12. The molecule has 0 saturated heterocycles. The van der Waals surface area contributed by atoms with Crippen molar-refractivity contribution in [2.24, 2.45) is 0 Å². The quantitative estimate of drug-likeness (QED) is 0.295. The Morgan fingerprint density at radius 2 is 0.889 bits per heavy atom. The van der Waals surface area contributed by atoms with E-state index in [2.05, 4.69) is 85.9 Å². The number of aromatic nitrogens is 2. The van der Waals surface area contributed by atoms with Crippen molar-refractivity contribution in [2.45, 2.75) is 50.6 Å². The molecule has 0 fully saturated rings. The van der Waals surface area contributed by atoms with E-state index in [9.17, 15) is 25.9 Å². The number of nitrogens with zero attached hydrogens (tertiary/aromatic N) is 2. The molecule has 10 heteroatoms. The second kappa shape index (κ2) is 12.7. The molecule has 2 aromatic heterocycles. The van der Waals surface area contributed by atoms with Crippen LogP contribution in [-0.4, -0.2) is 25.9 Å². The molecule has 0 aliphatic carbocycles. The highest BCUT2D eigenvalue weighted by atomic mass is 32.2. The van der Waals surface area contributed by atoms with Gasteiger partial charge in [-0.1, -0.05) is 24.3 Å². The lowest BCUT2D eigenvalue weighted by molar-refractivity contribution is -0.693. The van der Waals surface area contributed by atoms with Crippen molar-refractivity contribution >= 4 is 31.0 Å². The molecule has 2 aromatic carbocycles. The zero-order chi connectivity index (χ0) is 26.9. The molecular formula is C26H30N2O6S2. The Morgan fingerprint density at radius 1 is 0.583 bits per heavy atom. The van der Waals surface area contributed by atoms with Crippen molar-refractivity contribution in [3.63, 3.8) is 0 Å². The molecule has 0 atom stereocenters. The summed E-state index contributed by atoms with van der Waals surface area (Å²) in [4.78, 5) is -1.10. The molecule has 0 saturated carbocycles. The van der Waals surface area contributed by atoms with E-state index in [1.165, 1.54) is 35.4 Å². The Balaban J connectivity index is 0.000000212. The normalized spacial score (nSPS) is 11.2. The molecule has 0 radical (unpaired) electrons. The number of rotatable bonds is 4. The minimum absolute atomic E-state index is 0.0792. The fourth-order valence-corrected chi connectivity index (χ4v) is 4.56. The minimum Gasteiger partial charge on any atom is -0.744 e. The molecule has 0 bridgehead atoms. The number of hydrogen-bond donors (Lipinski definition) is 0. The average molecular weight is 531 g/mol. The van der Waals surface area contributed by atoms with Crippen molar-refractivity contribution < 1.29 is 35.1 Å². The Morgan fingerprint density at radius 3 is 1.14 bits per heavy atom. The fourth-order valence-electron chi connectivity index (χ4n) is 3.17. The molecule has 0 aliphatic rings. The van der Waals surface area contributed by atoms with E-state index in [-0.39, 0.29) is 10.8 Å². The number of benzene rings is 2. The summed E-state index contributed by atoms with van der Waals surface area (Å²) in [7, 11) is -9.48. The lowest BCUT2D eigenvalue weighted by Gasteiger charge is -2.14. The van der Waals surface area contributed by atoms with Crippen LogP contribution in [0, 0.1) is 13.8 Å². The number of pyridine rings is 2. The predicted octanol–water partition coefficient (Wildman–Crippen LogP) is 3.25. The van der Waals surface area contributed by atoms with Crippen LogP contribution < -0.4 is 9.13 Å². The standard InChI is InChI=1S/C10H8O6S2.2C8H12N/c11-17(12,13)9-5-1-3-7-8(9)4-2-6-10(7)18(14,15)16;2*1-3-9-6-4-8(2)5-7-9/h1-6H,(H,11,12,13)(H,14,15,16);2*4-7H,3H2,1-2H3/q;2*+1/p-2. The van der Waals surface area contributed by atoms with Crippen molar-refractivity contribution in [2.75, 3.05) is 0 Å². The summed E-state index contributed by atoms with van der Waals surface area (Å²) in [6.45, 7) is 10.6. The van der Waals surface area contributed by atoms with Gasteiger partial charge in [0.2, 0.25) is 0 Å². The summed E-state index contributed by atoms with van der Waals surface area (Å²) in [5, 5.41) is -0.158. The highest BCUT2D eigenvalue weighted by molar-refractivity contribution is 7.86. The molecule has 0 aliphatic heterocycles. The molecule has 4 aromatic rings. The predicted molar refractivity (Wildman–Crippen MR) is 134 cm³/mol. The van der Waals surface area contributed by atoms with Gasteiger partial charge >= 0.3 is 0 Å². The van der Waals surface area contributed by atoms with Gasteiger partial charge in [-0.3, -0.25) is 0 Å². The van der Waals surface area contributed by atoms with Crippen LogP contribution in [0.2, 0.25) is 0 Å². The van der Waals surface area contributed by atoms with Crippen LogP contribution in [0.5, 0.6) is 0 Å². The summed E-state index contributed by atoms with van der Waals surface area (Å²) in [5.74, 6) is 0. The third-order valence-corrected chi connectivity index (χ3v) is 7.02. The zero-order valence-corrected chi connectivity index (χ0v) is 22.3. The van der Waals surface area contributed by atoms with E-state index in [4.69, 9.17) is 0 Å². The second-order valence-electron chi connectivity index (χ2n) is 7.93. The minimum atomic E-state index is -4.74. The molecule has 8 nitrogen and oxygen atoms in total. The summed E-state index contributed by atoms with van der Waals surface area (Å²) < 4.78 is 70.4. The van der Waals surface area contributed by atoms with Gasteiger partial charge in [0.05, 0.1) is 9.79 Å². The molecule has 0 unspecified atom stereocenters. The van der Waals surface area contributed by atoms with Crippen molar-refractivity contribution in [1.29, 1.82) is 0 Å². The van der Waals surface area contributed by atoms with Gasteiger partial charge in [0.25, 0.3) is 0 Å². The largest absolute Gasteiger partial charge is 0.744 e. The first kappa shape index (κ1) is 29.1. The van der Waals surface area contributed by atoms with Gasteiger partial charge in [0.15, 0.2) is 24.8 Å². The first-order valence-electron chi connectivity index (χ1n) is 11.2. The average Bonchev–Trinajstić information content (AvgIpc) is 2.84. The number of hydrogen-bond acceptors (Lipinski definition) is 6. The van der Waals surface area contributed by atoms with E-state index in [1.807, 2.05) is 0 Å². The van der Waals surface area contributed by atoms with Crippen LogP contribution in [0.4, 0.5) is 0 Å². The number of aryl methyl sites for hydroxylation is 4. The first-order valence-corrected chi connectivity index (χ1v) is 14.0. The third kappa shape index (κ3) is 8.49. The second-order valence-corrected chi connectivity index (χ2v) is 10.6. The third-order valence-electron chi connectivity index (χ3n) is 5.23. The van der Waals surface area contributed by atoms with E-state index in [0.29, 0.717) is 0 Å². The highest BCUT2D eigenvalue weighted by Gasteiger charge is 2.12. The maximum atomic E-state index is 11.0. The van der Waals surface area contributed by atoms with E-state index in [1.54, 1.807) is 0 Å². The molecular weight excluding hydrogens is 500 g/mol.